The van der Waals surface area contributed by atoms with Crippen LogP contribution >= 0.6 is 23.2 Å². The summed E-state index contributed by atoms with van der Waals surface area (Å²) in [5.74, 6) is -0.161. The fourth-order valence-electron chi connectivity index (χ4n) is 5.27. The van der Waals surface area contributed by atoms with E-state index in [1.165, 1.54) is 6.07 Å². The molecular formula is C32H25Cl2NO7. The van der Waals surface area contributed by atoms with Gasteiger partial charge in [0.2, 0.25) is 0 Å². The Morgan fingerprint density at radius 2 is 1.69 bits per heavy atom. The van der Waals surface area contributed by atoms with E-state index < -0.39 is 23.7 Å². The molecule has 0 bridgehead atoms. The molecule has 4 aromatic carbocycles. The predicted octanol–water partition coefficient (Wildman–Crippen LogP) is 6.64. The summed E-state index contributed by atoms with van der Waals surface area (Å²) in [7, 11) is 0. The second-order valence-corrected chi connectivity index (χ2v) is 11.0. The maximum atomic E-state index is 12.7. The molecule has 0 radical (unpaired) electrons. The first kappa shape index (κ1) is 28.1. The van der Waals surface area contributed by atoms with Crippen LogP contribution in [0.25, 0.3) is 21.7 Å². The number of carbonyl (C=O) groups is 1. The highest BCUT2D eigenvalue weighted by Gasteiger charge is 2.36. The molecule has 1 saturated heterocycles. The molecule has 10 heteroatoms. The molecule has 1 fully saturated rings. The fourth-order valence-corrected chi connectivity index (χ4v) is 5.70. The first-order valence-corrected chi connectivity index (χ1v) is 14.0. The van der Waals surface area contributed by atoms with Gasteiger partial charge < -0.3 is 24.1 Å². The van der Waals surface area contributed by atoms with E-state index in [1.807, 2.05) is 54.6 Å². The zero-order valence-electron chi connectivity index (χ0n) is 22.1. The molecule has 1 aliphatic heterocycles. The van der Waals surface area contributed by atoms with Crippen LogP contribution in [-0.2, 0) is 17.9 Å². The number of rotatable bonds is 8. The Bertz CT molecular complexity index is 1870. The molecule has 0 spiro atoms. The van der Waals surface area contributed by atoms with Crippen LogP contribution in [0, 0.1) is 0 Å². The van der Waals surface area contributed by atoms with Crippen molar-refractivity contribution >= 4 is 50.9 Å². The number of likely N-dealkylation sites (tertiary alicyclic amines) is 1. The van der Waals surface area contributed by atoms with E-state index in [9.17, 15) is 19.8 Å². The van der Waals surface area contributed by atoms with Gasteiger partial charge in [0.15, 0.2) is 0 Å². The highest BCUT2D eigenvalue weighted by atomic mass is 35.5. The van der Waals surface area contributed by atoms with Crippen LogP contribution in [0.5, 0.6) is 17.2 Å². The third kappa shape index (κ3) is 5.67. The molecule has 8 nitrogen and oxygen atoms in total. The molecule has 6 rings (SSSR count). The Morgan fingerprint density at radius 1 is 0.905 bits per heavy atom. The van der Waals surface area contributed by atoms with Gasteiger partial charge in [-0.1, -0.05) is 71.7 Å². The van der Waals surface area contributed by atoms with Crippen molar-refractivity contribution in [3.05, 3.63) is 110 Å². The molecule has 2 N–H and O–H groups in total. The number of β-amino-alcohol motifs (C(OH)–C–C–N with tert-alkyl or cyclic N) is 1. The van der Waals surface area contributed by atoms with Gasteiger partial charge in [-0.3, -0.25) is 9.69 Å². The molecule has 0 aliphatic carbocycles. The molecule has 1 aromatic heterocycles. The van der Waals surface area contributed by atoms with Gasteiger partial charge in [-0.15, -0.1) is 0 Å². The second-order valence-electron chi connectivity index (χ2n) is 10.1. The summed E-state index contributed by atoms with van der Waals surface area (Å²) >= 11 is 12.9. The van der Waals surface area contributed by atoms with E-state index >= 15 is 0 Å². The normalized spacial score (nSPS) is 17.1. The SMILES string of the molecule is O=C(O)[C@@H]1C[C@@H](O)CN1Cc1cc(Cl)c(OCc2ccccc2Cl)cc1Oc1cc(=O)oc2c1ccc1ccccc12. The molecule has 42 heavy (non-hydrogen) atoms. The van der Waals surface area contributed by atoms with Crippen molar-refractivity contribution in [1.82, 2.24) is 4.90 Å². The van der Waals surface area contributed by atoms with Gasteiger partial charge >= 0.3 is 11.6 Å². The first-order valence-electron chi connectivity index (χ1n) is 13.2. The van der Waals surface area contributed by atoms with Crippen LogP contribution in [0.15, 0.2) is 88.1 Å². The summed E-state index contributed by atoms with van der Waals surface area (Å²) < 4.78 is 18.0. The lowest BCUT2D eigenvalue weighted by Crippen LogP contribution is -2.35. The Morgan fingerprint density at radius 3 is 2.50 bits per heavy atom. The van der Waals surface area contributed by atoms with Crippen molar-refractivity contribution in [1.29, 1.82) is 0 Å². The minimum absolute atomic E-state index is 0.107. The Hall–Kier alpha value is -4.08. The van der Waals surface area contributed by atoms with E-state index in [0.29, 0.717) is 33.1 Å². The molecule has 2 atom stereocenters. The topological polar surface area (TPSA) is 109 Å². The quantitative estimate of drug-likeness (QED) is 0.149. The second kappa shape index (κ2) is 11.7. The zero-order chi connectivity index (χ0) is 29.4. The summed E-state index contributed by atoms with van der Waals surface area (Å²) in [6.07, 6.45) is -0.671. The largest absolute Gasteiger partial charge is 0.487 e. The number of fused-ring (bicyclic) bond motifs is 3. The number of hydrogen-bond acceptors (Lipinski definition) is 7. The average molecular weight is 606 g/mol. The fraction of sp³-hybridized carbons (Fsp3) is 0.188. The lowest BCUT2D eigenvalue weighted by Gasteiger charge is -2.23. The van der Waals surface area contributed by atoms with Gasteiger partial charge in [0.05, 0.1) is 22.6 Å². The van der Waals surface area contributed by atoms with E-state index in [1.54, 1.807) is 23.1 Å². The number of benzene rings is 4. The van der Waals surface area contributed by atoms with Gasteiger partial charge in [0.25, 0.3) is 0 Å². The number of aliphatic carboxylic acids is 1. The van der Waals surface area contributed by atoms with Crippen LogP contribution in [0.1, 0.15) is 17.5 Å². The smallest absolute Gasteiger partial charge is 0.339 e. The summed E-state index contributed by atoms with van der Waals surface area (Å²) in [4.78, 5) is 26.2. The third-order valence-corrected chi connectivity index (χ3v) is 7.98. The van der Waals surface area contributed by atoms with Crippen molar-refractivity contribution in [2.75, 3.05) is 6.54 Å². The van der Waals surface area contributed by atoms with Gasteiger partial charge in [0, 0.05) is 47.1 Å². The van der Waals surface area contributed by atoms with Crippen LogP contribution in [0.2, 0.25) is 10.0 Å². The van der Waals surface area contributed by atoms with Crippen LogP contribution < -0.4 is 15.1 Å². The van der Waals surface area contributed by atoms with Gasteiger partial charge in [-0.05, 0) is 23.6 Å². The van der Waals surface area contributed by atoms with Gasteiger partial charge in [0.1, 0.15) is 35.5 Å². The molecule has 5 aromatic rings. The standard InChI is InChI=1S/C32H25Cl2NO7/c33-24-8-4-2-6-19(24)17-40-29-13-27(20(11-25(29)34)15-35-16-21(36)12-26(35)32(38)39)41-28-14-30(37)42-31-22-7-3-1-5-18(22)9-10-23(28)31/h1-11,13-14,21,26,36H,12,15-17H2,(H,38,39)/t21-,26+/m1/s1. The number of nitrogens with zero attached hydrogens (tertiary/aromatic N) is 1. The summed E-state index contributed by atoms with van der Waals surface area (Å²) in [6, 6.07) is 22.2. The minimum Gasteiger partial charge on any atom is -0.487 e. The maximum Gasteiger partial charge on any atom is 0.339 e. The molecule has 2 heterocycles. The number of aliphatic hydroxyl groups excluding tert-OH is 1. The molecule has 1 aliphatic rings. The highest BCUT2D eigenvalue weighted by molar-refractivity contribution is 6.32. The average Bonchev–Trinajstić information content (AvgIpc) is 3.34. The van der Waals surface area contributed by atoms with Gasteiger partial charge in [-0.25, -0.2) is 4.79 Å². The van der Waals surface area contributed by atoms with Crippen molar-refractivity contribution in [2.45, 2.75) is 31.7 Å². The molecule has 0 unspecified atom stereocenters. The maximum absolute atomic E-state index is 12.7. The number of hydrogen-bond donors (Lipinski definition) is 2. The number of carboxylic acid groups (broad SMARTS) is 1. The number of aliphatic hydroxyl groups is 1. The van der Waals surface area contributed by atoms with Crippen molar-refractivity contribution in [2.24, 2.45) is 0 Å². The van der Waals surface area contributed by atoms with Crippen molar-refractivity contribution < 1.29 is 28.9 Å². The summed E-state index contributed by atoms with van der Waals surface area (Å²) in [6.45, 7) is 0.431. The number of halogens is 2. The van der Waals surface area contributed by atoms with Gasteiger partial charge in [-0.2, -0.15) is 0 Å². The van der Waals surface area contributed by atoms with Crippen LogP contribution in [0.4, 0.5) is 0 Å². The van der Waals surface area contributed by atoms with E-state index in [-0.39, 0.29) is 36.9 Å². The van der Waals surface area contributed by atoms with E-state index in [2.05, 4.69) is 0 Å². The Kier molecular flexibility index (Phi) is 7.79. The van der Waals surface area contributed by atoms with Crippen molar-refractivity contribution in [3.63, 3.8) is 0 Å². The van der Waals surface area contributed by atoms with E-state index in [0.717, 1.165) is 16.3 Å². The van der Waals surface area contributed by atoms with Crippen LogP contribution in [-0.4, -0.2) is 39.8 Å². The summed E-state index contributed by atoms with van der Waals surface area (Å²) in [5.41, 5.74) is 1.10. The molecule has 0 saturated carbocycles. The number of ether oxygens (including phenoxy) is 2. The Balaban J connectivity index is 1.42. The first-order chi connectivity index (χ1) is 20.3. The molecular weight excluding hydrogens is 581 g/mol. The highest BCUT2D eigenvalue weighted by Crippen LogP contribution is 2.40. The lowest BCUT2D eigenvalue weighted by molar-refractivity contribution is -0.142. The molecule has 0 amide bonds. The Labute approximate surface area is 250 Å². The monoisotopic (exact) mass is 605 g/mol. The number of carboxylic acids is 1. The summed E-state index contributed by atoms with van der Waals surface area (Å²) in [5, 5.41) is 23.0. The lowest BCUT2D eigenvalue weighted by atomic mass is 10.1. The minimum atomic E-state index is -1.03. The molecule has 214 valence electrons. The van der Waals surface area contributed by atoms with E-state index in [4.69, 9.17) is 37.1 Å². The predicted molar refractivity (Wildman–Crippen MR) is 160 cm³/mol. The van der Waals surface area contributed by atoms with Crippen LogP contribution in [0.3, 0.4) is 0 Å². The zero-order valence-corrected chi connectivity index (χ0v) is 23.6. The van der Waals surface area contributed by atoms with Crippen molar-refractivity contribution in [3.8, 4) is 17.2 Å². The third-order valence-electron chi connectivity index (χ3n) is 7.31.